The first-order valence-corrected chi connectivity index (χ1v) is 21.1. The van der Waals surface area contributed by atoms with Crippen LogP contribution in [0.5, 0.6) is 0 Å². The number of hydrogen-bond donors (Lipinski definition) is 6. The highest BCUT2D eigenvalue weighted by molar-refractivity contribution is 5.89. The van der Waals surface area contributed by atoms with E-state index in [9.17, 15) is 44.1 Å². The van der Waals surface area contributed by atoms with Gasteiger partial charge in [0, 0.05) is 12.6 Å². The van der Waals surface area contributed by atoms with Gasteiger partial charge in [-0.2, -0.15) is 0 Å². The van der Waals surface area contributed by atoms with Crippen molar-refractivity contribution in [2.45, 2.75) is 140 Å². The van der Waals surface area contributed by atoms with Crippen LogP contribution in [0.25, 0.3) is 0 Å². The topological polar surface area (TPSA) is 229 Å². The Labute approximate surface area is 347 Å². The lowest BCUT2D eigenvalue weighted by atomic mass is 10.0. The Hall–Kier alpha value is -4.86. The standard InChI is InChI=1S/C23H32N2O5.C21H31N3O5/c1-3-30-23(29)18(13-12-16-8-5-4-6-9-16)24-15(2)21(26)25-19-11-7-10-17(19)14-20(25)22(27)28;22-13-5-4-9-16(19(25)24-14-6-10-18(24)21(28)29)23-17(20(26)27)12-11-15-7-2-1-3-8-15/h4-6,8-9,15,17-20,24H,3,7,10-14H2,1-2H3,(H,27,28);1-3,7-8,16-18,23H,4-6,9-14,22H2,(H,26,27)(H,28,29)/t15-,17-,18-,19-,20-;16-,17-,18-/m00/s1. The second-order valence-corrected chi connectivity index (χ2v) is 15.8. The minimum absolute atomic E-state index is 0.00629. The Kier molecular flexibility index (Phi) is 18.8. The number of unbranched alkanes of at least 4 members (excludes halogenated alkanes) is 1. The summed E-state index contributed by atoms with van der Waals surface area (Å²) in [7, 11) is 0. The summed E-state index contributed by atoms with van der Waals surface area (Å²) in [6.45, 7) is 4.59. The number of ether oxygens (including phenoxy) is 1. The number of hydrogen-bond acceptors (Lipinski definition) is 10. The first kappa shape index (κ1) is 46.8. The van der Waals surface area contributed by atoms with Crippen molar-refractivity contribution in [3.8, 4) is 0 Å². The van der Waals surface area contributed by atoms with Crippen LogP contribution in [0.15, 0.2) is 60.7 Å². The number of nitrogens with one attached hydrogen (secondary N) is 2. The lowest BCUT2D eigenvalue weighted by molar-refractivity contribution is -0.151. The van der Waals surface area contributed by atoms with E-state index >= 15 is 0 Å². The molecule has 15 heteroatoms. The van der Waals surface area contributed by atoms with Gasteiger partial charge in [0.1, 0.15) is 24.2 Å². The average molecular weight is 822 g/mol. The van der Waals surface area contributed by atoms with E-state index in [0.717, 1.165) is 36.8 Å². The lowest BCUT2D eigenvalue weighted by Gasteiger charge is -2.31. The number of esters is 1. The summed E-state index contributed by atoms with van der Waals surface area (Å²) in [5.74, 6) is -3.69. The van der Waals surface area contributed by atoms with Crippen LogP contribution in [0.2, 0.25) is 0 Å². The monoisotopic (exact) mass is 821 g/mol. The molecule has 0 unspecified atom stereocenters. The van der Waals surface area contributed by atoms with Crippen LogP contribution in [-0.4, -0.2) is 123 Å². The van der Waals surface area contributed by atoms with E-state index < -0.39 is 54.2 Å². The fraction of sp³-hybridized carbons (Fsp3) is 0.591. The maximum Gasteiger partial charge on any atom is 0.326 e. The summed E-state index contributed by atoms with van der Waals surface area (Å²) in [6.07, 6.45) is 8.30. The van der Waals surface area contributed by atoms with E-state index in [2.05, 4.69) is 10.6 Å². The van der Waals surface area contributed by atoms with E-state index in [0.29, 0.717) is 70.9 Å². The van der Waals surface area contributed by atoms with Crippen LogP contribution in [0, 0.1) is 5.92 Å². The highest BCUT2D eigenvalue weighted by Crippen LogP contribution is 2.41. The Morgan fingerprint density at radius 3 is 1.92 bits per heavy atom. The molecule has 2 amide bonds. The van der Waals surface area contributed by atoms with Gasteiger partial charge in [-0.25, -0.2) is 9.59 Å². The molecule has 1 saturated carbocycles. The van der Waals surface area contributed by atoms with Crippen LogP contribution in [-0.2, 0) is 46.3 Å². The Morgan fingerprint density at radius 1 is 0.746 bits per heavy atom. The molecule has 2 heterocycles. The minimum Gasteiger partial charge on any atom is -0.480 e. The van der Waals surface area contributed by atoms with Gasteiger partial charge in [0.15, 0.2) is 0 Å². The zero-order valence-electron chi connectivity index (χ0n) is 34.4. The van der Waals surface area contributed by atoms with Crippen LogP contribution in [0.4, 0.5) is 0 Å². The number of aliphatic carboxylic acids is 3. The normalized spacial score (nSPS) is 21.7. The number of carboxylic acids is 3. The molecule has 3 fully saturated rings. The molecule has 59 heavy (non-hydrogen) atoms. The second-order valence-electron chi connectivity index (χ2n) is 15.8. The summed E-state index contributed by atoms with van der Waals surface area (Å²) in [6, 6.07) is 14.9. The molecule has 2 aliphatic heterocycles. The van der Waals surface area contributed by atoms with Crippen molar-refractivity contribution < 1.29 is 48.8 Å². The zero-order chi connectivity index (χ0) is 42.9. The van der Waals surface area contributed by atoms with E-state index in [1.54, 1.807) is 18.7 Å². The van der Waals surface area contributed by atoms with Crippen LogP contribution < -0.4 is 16.4 Å². The first-order chi connectivity index (χ1) is 28.4. The molecule has 0 bridgehead atoms. The number of carbonyl (C=O) groups is 6. The summed E-state index contributed by atoms with van der Waals surface area (Å²) >= 11 is 0. The first-order valence-electron chi connectivity index (χ1n) is 21.1. The molecular weight excluding hydrogens is 759 g/mol. The number of nitrogens with two attached hydrogens (primary N) is 1. The summed E-state index contributed by atoms with van der Waals surface area (Å²) < 4.78 is 5.21. The maximum absolute atomic E-state index is 13.2. The van der Waals surface area contributed by atoms with Gasteiger partial charge in [0.05, 0.1) is 18.7 Å². The van der Waals surface area contributed by atoms with Crippen molar-refractivity contribution in [1.82, 2.24) is 20.4 Å². The maximum atomic E-state index is 13.2. The number of likely N-dealkylation sites (tertiary alicyclic amines) is 2. The van der Waals surface area contributed by atoms with Gasteiger partial charge in [-0.1, -0.05) is 73.5 Å². The average Bonchev–Trinajstić information content (AvgIpc) is 3.99. The number of carbonyl (C=O) groups excluding carboxylic acids is 3. The molecule has 3 aliphatic rings. The minimum atomic E-state index is -1.02. The molecule has 2 saturated heterocycles. The smallest absolute Gasteiger partial charge is 0.326 e. The van der Waals surface area contributed by atoms with Gasteiger partial charge in [0.25, 0.3) is 0 Å². The number of fused-ring (bicyclic) bond motifs is 1. The number of benzene rings is 2. The van der Waals surface area contributed by atoms with E-state index in [-0.39, 0.29) is 36.4 Å². The summed E-state index contributed by atoms with van der Waals surface area (Å²) in [5.41, 5.74) is 7.68. The van der Waals surface area contributed by atoms with Crippen molar-refractivity contribution in [3.05, 3.63) is 71.8 Å². The van der Waals surface area contributed by atoms with Crippen molar-refractivity contribution >= 4 is 35.7 Å². The molecule has 324 valence electrons. The van der Waals surface area contributed by atoms with Crippen molar-refractivity contribution in [1.29, 1.82) is 0 Å². The fourth-order valence-corrected chi connectivity index (χ4v) is 8.63. The number of carboxylic acid groups (broad SMARTS) is 3. The molecule has 0 radical (unpaired) electrons. The SMILES string of the molecule is CCOC(=O)[C@H](CCc1ccccc1)N[C@@H](C)C(=O)N1[C@H](C(=O)O)C[C@@H]2CCC[C@@H]21.NCCCC[C@H](N[C@@H](CCc1ccccc1)C(=O)O)C(=O)N1CCC[C@H]1C(=O)O. The second kappa shape index (κ2) is 23.7. The summed E-state index contributed by atoms with van der Waals surface area (Å²) in [5, 5.41) is 34.8. The van der Waals surface area contributed by atoms with Gasteiger partial charge in [-0.3, -0.25) is 29.8 Å². The molecule has 1 aliphatic carbocycles. The van der Waals surface area contributed by atoms with Crippen LogP contribution >= 0.6 is 0 Å². The third-order valence-electron chi connectivity index (χ3n) is 11.7. The molecule has 7 N–H and O–H groups in total. The van der Waals surface area contributed by atoms with Gasteiger partial charge in [0.2, 0.25) is 11.8 Å². The van der Waals surface area contributed by atoms with Crippen LogP contribution in [0.1, 0.15) is 95.6 Å². The van der Waals surface area contributed by atoms with Gasteiger partial charge in [-0.15, -0.1) is 0 Å². The van der Waals surface area contributed by atoms with Crippen LogP contribution in [0.3, 0.4) is 0 Å². The predicted octanol–water partition coefficient (Wildman–Crippen LogP) is 3.62. The van der Waals surface area contributed by atoms with Gasteiger partial charge >= 0.3 is 23.9 Å². The molecule has 2 aromatic carbocycles. The number of nitrogens with zero attached hydrogens (tertiary/aromatic N) is 2. The quantitative estimate of drug-likeness (QED) is 0.0782. The highest BCUT2D eigenvalue weighted by atomic mass is 16.5. The molecule has 5 rings (SSSR count). The van der Waals surface area contributed by atoms with Crippen molar-refractivity contribution in [2.24, 2.45) is 11.7 Å². The molecule has 15 nitrogen and oxygen atoms in total. The molecule has 0 aromatic heterocycles. The molecule has 8 atom stereocenters. The molecule has 2 aromatic rings. The Morgan fingerprint density at radius 2 is 1.36 bits per heavy atom. The van der Waals surface area contributed by atoms with Crippen molar-refractivity contribution in [2.75, 3.05) is 19.7 Å². The highest BCUT2D eigenvalue weighted by Gasteiger charge is 2.49. The summed E-state index contributed by atoms with van der Waals surface area (Å²) in [4.78, 5) is 76.8. The van der Waals surface area contributed by atoms with E-state index in [1.807, 2.05) is 60.7 Å². The van der Waals surface area contributed by atoms with E-state index in [4.69, 9.17) is 10.5 Å². The van der Waals surface area contributed by atoms with Crippen molar-refractivity contribution in [3.63, 3.8) is 0 Å². The van der Waals surface area contributed by atoms with E-state index in [1.165, 1.54) is 4.90 Å². The third kappa shape index (κ3) is 13.6. The molecule has 0 spiro atoms. The Balaban J connectivity index is 0.000000261. The molecular formula is C44H63N5O10. The third-order valence-corrected chi connectivity index (χ3v) is 11.7. The van der Waals surface area contributed by atoms with Gasteiger partial charge in [-0.05, 0) is 108 Å². The lowest BCUT2D eigenvalue weighted by Crippen LogP contribution is -2.55. The predicted molar refractivity (Wildman–Crippen MR) is 220 cm³/mol. The Bertz CT molecular complexity index is 1680. The zero-order valence-corrected chi connectivity index (χ0v) is 34.4. The number of rotatable bonds is 21. The largest absolute Gasteiger partial charge is 0.480 e. The fourth-order valence-electron chi connectivity index (χ4n) is 8.63. The van der Waals surface area contributed by atoms with Gasteiger partial charge < -0.3 is 35.6 Å². The number of amides is 2. The number of aryl methyl sites for hydroxylation is 2.